The number of aliphatic carboxylic acids is 1. The first kappa shape index (κ1) is 16.2. The first-order valence-corrected chi connectivity index (χ1v) is 8.45. The summed E-state index contributed by atoms with van der Waals surface area (Å²) in [7, 11) is 0. The van der Waals surface area contributed by atoms with Crippen LogP contribution in [0.4, 0.5) is 0 Å². The number of ether oxygens (including phenoxy) is 1. The lowest BCUT2D eigenvalue weighted by Crippen LogP contribution is -2.52. The van der Waals surface area contributed by atoms with Crippen LogP contribution in [0.25, 0.3) is 0 Å². The molecule has 23 heavy (non-hydrogen) atoms. The van der Waals surface area contributed by atoms with Crippen LogP contribution in [-0.2, 0) is 19.1 Å². The lowest BCUT2D eigenvalue weighted by atomic mass is 10.0. The van der Waals surface area contributed by atoms with E-state index in [0.29, 0.717) is 25.7 Å². The minimum absolute atomic E-state index is 0.0679. The summed E-state index contributed by atoms with van der Waals surface area (Å²) in [6.07, 6.45) is 4.51. The Balaban J connectivity index is 1.64. The molecular weight excluding hydrogens is 300 g/mol. The third-order valence-corrected chi connectivity index (χ3v) is 5.19. The second kappa shape index (κ2) is 6.86. The number of hydrogen-bond donors (Lipinski definition) is 1. The SMILES string of the molecule is O=C(O)CC1COCCN1C(=O)C1CC(=O)N(C2CCCC2)C1. The van der Waals surface area contributed by atoms with Crippen LogP contribution in [0.3, 0.4) is 0 Å². The van der Waals surface area contributed by atoms with Crippen molar-refractivity contribution < 1.29 is 24.2 Å². The van der Waals surface area contributed by atoms with E-state index in [4.69, 9.17) is 9.84 Å². The Morgan fingerprint density at radius 3 is 2.70 bits per heavy atom. The molecule has 0 bridgehead atoms. The first-order valence-electron chi connectivity index (χ1n) is 8.45. The fraction of sp³-hybridized carbons (Fsp3) is 0.812. The number of nitrogens with zero attached hydrogens (tertiary/aromatic N) is 2. The van der Waals surface area contributed by atoms with Crippen LogP contribution >= 0.6 is 0 Å². The molecule has 2 saturated heterocycles. The molecular formula is C16H24N2O5. The van der Waals surface area contributed by atoms with Gasteiger partial charge in [-0.05, 0) is 12.8 Å². The van der Waals surface area contributed by atoms with Gasteiger partial charge in [0.15, 0.2) is 0 Å². The minimum Gasteiger partial charge on any atom is -0.481 e. The summed E-state index contributed by atoms with van der Waals surface area (Å²) in [5, 5.41) is 9.00. The van der Waals surface area contributed by atoms with Gasteiger partial charge in [0.25, 0.3) is 0 Å². The van der Waals surface area contributed by atoms with E-state index in [-0.39, 0.29) is 37.2 Å². The van der Waals surface area contributed by atoms with E-state index in [9.17, 15) is 14.4 Å². The average Bonchev–Trinajstić information content (AvgIpc) is 3.15. The number of morpholine rings is 1. The van der Waals surface area contributed by atoms with Gasteiger partial charge in [0.05, 0.1) is 31.6 Å². The van der Waals surface area contributed by atoms with Gasteiger partial charge >= 0.3 is 5.97 Å². The molecule has 1 N–H and O–H groups in total. The quantitative estimate of drug-likeness (QED) is 0.813. The highest BCUT2D eigenvalue weighted by Crippen LogP contribution is 2.30. The molecule has 2 amide bonds. The maximum atomic E-state index is 12.8. The molecule has 2 heterocycles. The van der Waals surface area contributed by atoms with Gasteiger partial charge in [-0.2, -0.15) is 0 Å². The maximum Gasteiger partial charge on any atom is 0.305 e. The molecule has 2 unspecified atom stereocenters. The Morgan fingerprint density at radius 1 is 1.26 bits per heavy atom. The number of rotatable bonds is 4. The van der Waals surface area contributed by atoms with Crippen LogP contribution in [0, 0.1) is 5.92 Å². The predicted octanol–water partition coefficient (Wildman–Crippen LogP) is 0.480. The van der Waals surface area contributed by atoms with E-state index < -0.39 is 12.0 Å². The van der Waals surface area contributed by atoms with Crippen molar-refractivity contribution in [3.8, 4) is 0 Å². The van der Waals surface area contributed by atoms with Gasteiger partial charge < -0.3 is 19.6 Å². The Kier molecular flexibility index (Phi) is 4.84. The normalized spacial score (nSPS) is 29.3. The van der Waals surface area contributed by atoms with E-state index in [1.54, 1.807) is 4.90 Å². The zero-order valence-corrected chi connectivity index (χ0v) is 13.3. The van der Waals surface area contributed by atoms with Gasteiger partial charge in [0.1, 0.15) is 0 Å². The number of likely N-dealkylation sites (tertiary alicyclic amines) is 1. The largest absolute Gasteiger partial charge is 0.481 e. The summed E-state index contributed by atoms with van der Waals surface area (Å²) in [6, 6.07) is -0.135. The maximum absolute atomic E-state index is 12.8. The average molecular weight is 324 g/mol. The molecule has 0 aromatic rings. The van der Waals surface area contributed by atoms with Gasteiger partial charge in [-0.3, -0.25) is 14.4 Å². The van der Waals surface area contributed by atoms with Crippen LogP contribution in [-0.4, -0.2) is 71.1 Å². The van der Waals surface area contributed by atoms with Crippen LogP contribution in [0.5, 0.6) is 0 Å². The van der Waals surface area contributed by atoms with Crippen LogP contribution in [0.15, 0.2) is 0 Å². The van der Waals surface area contributed by atoms with Gasteiger partial charge in [-0.1, -0.05) is 12.8 Å². The number of carboxylic acids is 1. The minimum atomic E-state index is -0.937. The number of carboxylic acid groups (broad SMARTS) is 1. The van der Waals surface area contributed by atoms with E-state index in [1.807, 2.05) is 4.90 Å². The molecule has 3 aliphatic rings. The third-order valence-electron chi connectivity index (χ3n) is 5.19. The highest BCUT2D eigenvalue weighted by molar-refractivity contribution is 5.89. The molecule has 1 aliphatic carbocycles. The summed E-state index contributed by atoms with van der Waals surface area (Å²) in [5.74, 6) is -1.29. The van der Waals surface area contributed by atoms with Crippen molar-refractivity contribution in [3.05, 3.63) is 0 Å². The smallest absolute Gasteiger partial charge is 0.305 e. The second-order valence-electron chi connectivity index (χ2n) is 6.74. The van der Waals surface area contributed by atoms with Gasteiger partial charge in [0.2, 0.25) is 11.8 Å². The Labute approximate surface area is 135 Å². The second-order valence-corrected chi connectivity index (χ2v) is 6.74. The monoisotopic (exact) mass is 324 g/mol. The highest BCUT2D eigenvalue weighted by atomic mass is 16.5. The number of carbonyl (C=O) groups is 3. The topological polar surface area (TPSA) is 87.1 Å². The van der Waals surface area contributed by atoms with E-state index in [0.717, 1.165) is 25.7 Å². The van der Waals surface area contributed by atoms with Crippen LogP contribution in [0.1, 0.15) is 38.5 Å². The van der Waals surface area contributed by atoms with Crippen LogP contribution < -0.4 is 0 Å². The molecule has 7 nitrogen and oxygen atoms in total. The molecule has 0 radical (unpaired) electrons. The molecule has 3 rings (SSSR count). The standard InChI is InChI=1S/C16H24N2O5/c19-14-7-11(9-18(14)12-3-1-2-4-12)16(22)17-5-6-23-10-13(17)8-15(20)21/h11-13H,1-10H2,(H,20,21). The van der Waals surface area contributed by atoms with Crippen molar-refractivity contribution >= 4 is 17.8 Å². The summed E-state index contributed by atoms with van der Waals surface area (Å²) in [5.41, 5.74) is 0. The van der Waals surface area contributed by atoms with Crippen LogP contribution in [0.2, 0.25) is 0 Å². The van der Waals surface area contributed by atoms with E-state index in [2.05, 4.69) is 0 Å². The zero-order valence-electron chi connectivity index (χ0n) is 13.3. The summed E-state index contributed by atoms with van der Waals surface area (Å²) >= 11 is 0. The highest BCUT2D eigenvalue weighted by Gasteiger charge is 2.42. The van der Waals surface area contributed by atoms with Gasteiger partial charge in [-0.25, -0.2) is 0 Å². The lowest BCUT2D eigenvalue weighted by molar-refractivity contribution is -0.149. The van der Waals surface area contributed by atoms with Crippen molar-refractivity contribution in [2.24, 2.45) is 5.92 Å². The Bertz CT molecular complexity index is 489. The molecule has 2 aliphatic heterocycles. The predicted molar refractivity (Wildman–Crippen MR) is 80.6 cm³/mol. The van der Waals surface area contributed by atoms with Crippen molar-refractivity contribution in [1.29, 1.82) is 0 Å². The molecule has 3 fully saturated rings. The summed E-state index contributed by atoms with van der Waals surface area (Å²) in [6.45, 7) is 1.57. The van der Waals surface area contributed by atoms with Crippen molar-refractivity contribution in [2.75, 3.05) is 26.3 Å². The van der Waals surface area contributed by atoms with Crippen molar-refractivity contribution in [2.45, 2.75) is 50.6 Å². The van der Waals surface area contributed by atoms with E-state index >= 15 is 0 Å². The number of carbonyl (C=O) groups excluding carboxylic acids is 2. The number of amides is 2. The Hall–Kier alpha value is -1.63. The number of hydrogen-bond acceptors (Lipinski definition) is 4. The molecule has 0 spiro atoms. The lowest BCUT2D eigenvalue weighted by Gasteiger charge is -2.36. The molecule has 7 heteroatoms. The molecule has 128 valence electrons. The molecule has 2 atom stereocenters. The van der Waals surface area contributed by atoms with Crippen molar-refractivity contribution in [3.63, 3.8) is 0 Å². The summed E-state index contributed by atoms with van der Waals surface area (Å²) < 4.78 is 5.31. The van der Waals surface area contributed by atoms with E-state index in [1.165, 1.54) is 0 Å². The van der Waals surface area contributed by atoms with Gasteiger partial charge in [0, 0.05) is 25.6 Å². The summed E-state index contributed by atoms with van der Waals surface area (Å²) in [4.78, 5) is 39.5. The zero-order chi connectivity index (χ0) is 16.4. The molecule has 0 aromatic heterocycles. The fourth-order valence-corrected chi connectivity index (χ4v) is 4.02. The third kappa shape index (κ3) is 3.49. The Morgan fingerprint density at radius 2 is 2.00 bits per heavy atom. The first-order chi connectivity index (χ1) is 11.1. The van der Waals surface area contributed by atoms with Gasteiger partial charge in [-0.15, -0.1) is 0 Å². The molecule has 1 saturated carbocycles. The fourth-order valence-electron chi connectivity index (χ4n) is 4.02. The molecule has 0 aromatic carbocycles. The van der Waals surface area contributed by atoms with Crippen molar-refractivity contribution in [1.82, 2.24) is 9.80 Å².